The lowest BCUT2D eigenvalue weighted by molar-refractivity contribution is 0.549. The molecule has 0 saturated carbocycles. The Morgan fingerprint density at radius 1 is 0.793 bits per heavy atom. The van der Waals surface area contributed by atoms with Crippen LogP contribution in [0, 0.1) is 0 Å². The second-order valence-electron chi connectivity index (χ2n) is 6.84. The molecule has 0 radical (unpaired) electrons. The predicted octanol–water partition coefficient (Wildman–Crippen LogP) is 4.44. The van der Waals surface area contributed by atoms with E-state index in [-0.39, 0.29) is 12.1 Å². The van der Waals surface area contributed by atoms with E-state index in [1.165, 1.54) is 0 Å². The highest BCUT2D eigenvalue weighted by Gasteiger charge is 2.42. The Kier molecular flexibility index (Phi) is 4.54. The summed E-state index contributed by atoms with van der Waals surface area (Å²) < 4.78 is 2.19. The zero-order valence-electron chi connectivity index (χ0n) is 15.6. The molecule has 1 aliphatic rings. The van der Waals surface area contributed by atoms with Crippen molar-refractivity contribution in [3.05, 3.63) is 109 Å². The molecule has 0 aliphatic carbocycles. The summed E-state index contributed by atoms with van der Waals surface area (Å²) in [5, 5.41) is 4.20. The fourth-order valence-corrected chi connectivity index (χ4v) is 4.24. The van der Waals surface area contributed by atoms with Gasteiger partial charge in [0.05, 0.1) is 11.7 Å². The minimum absolute atomic E-state index is 0.0528. The van der Waals surface area contributed by atoms with Crippen molar-refractivity contribution in [3.8, 4) is 5.69 Å². The largest absolute Gasteiger partial charge is 0.351 e. The number of anilines is 1. The van der Waals surface area contributed by atoms with Crippen LogP contribution in [-0.4, -0.2) is 19.6 Å². The lowest BCUT2D eigenvalue weighted by Crippen LogP contribution is -2.30. The van der Waals surface area contributed by atoms with E-state index < -0.39 is 0 Å². The molecule has 2 atom stereocenters. The van der Waals surface area contributed by atoms with Gasteiger partial charge in [-0.25, -0.2) is 0 Å². The van der Waals surface area contributed by atoms with Gasteiger partial charge in [0.15, 0.2) is 5.11 Å². The highest BCUT2D eigenvalue weighted by atomic mass is 32.1. The maximum Gasteiger partial charge on any atom is 0.174 e. The van der Waals surface area contributed by atoms with E-state index in [1.807, 2.05) is 67.1 Å². The number of pyridine rings is 2. The number of hydrogen-bond acceptors (Lipinski definition) is 3. The summed E-state index contributed by atoms with van der Waals surface area (Å²) >= 11 is 5.78. The van der Waals surface area contributed by atoms with Crippen LogP contribution >= 0.6 is 12.2 Å². The summed E-state index contributed by atoms with van der Waals surface area (Å²) in [5.41, 5.74) is 4.20. The van der Waals surface area contributed by atoms with Crippen LogP contribution in [0.4, 0.5) is 5.69 Å². The molecular weight excluding hydrogens is 378 g/mol. The Morgan fingerprint density at radius 2 is 1.59 bits per heavy atom. The number of hydrogen-bond donors (Lipinski definition) is 1. The highest BCUT2D eigenvalue weighted by molar-refractivity contribution is 7.80. The van der Waals surface area contributed by atoms with Gasteiger partial charge in [-0.1, -0.05) is 24.3 Å². The lowest BCUT2D eigenvalue weighted by atomic mass is 10.0. The monoisotopic (exact) mass is 397 g/mol. The Hall–Kier alpha value is -3.51. The van der Waals surface area contributed by atoms with Crippen molar-refractivity contribution < 1.29 is 0 Å². The Bertz CT molecular complexity index is 1110. The van der Waals surface area contributed by atoms with Crippen molar-refractivity contribution in [2.24, 2.45) is 0 Å². The molecule has 1 aromatic carbocycles. The summed E-state index contributed by atoms with van der Waals surface area (Å²) in [4.78, 5) is 11.0. The molecule has 142 valence electrons. The van der Waals surface area contributed by atoms with E-state index in [4.69, 9.17) is 12.2 Å². The summed E-state index contributed by atoms with van der Waals surface area (Å²) in [6, 6.07) is 24.3. The molecule has 5 nitrogen and oxygen atoms in total. The van der Waals surface area contributed by atoms with Crippen LogP contribution in [0.5, 0.6) is 0 Å². The minimum Gasteiger partial charge on any atom is -0.351 e. The molecule has 1 fully saturated rings. The predicted molar refractivity (Wildman–Crippen MR) is 118 cm³/mol. The maximum atomic E-state index is 5.78. The van der Waals surface area contributed by atoms with Gasteiger partial charge in [0.1, 0.15) is 6.04 Å². The molecule has 0 amide bonds. The topological polar surface area (TPSA) is 46.0 Å². The second kappa shape index (κ2) is 7.48. The summed E-state index contributed by atoms with van der Waals surface area (Å²) in [5.74, 6) is 0. The van der Waals surface area contributed by atoms with E-state index in [0.717, 1.165) is 22.8 Å². The van der Waals surface area contributed by atoms with Gasteiger partial charge in [-0.15, -0.1) is 0 Å². The number of nitrogens with zero attached hydrogens (tertiary/aromatic N) is 4. The van der Waals surface area contributed by atoms with Gasteiger partial charge in [-0.2, -0.15) is 0 Å². The van der Waals surface area contributed by atoms with Crippen molar-refractivity contribution in [3.63, 3.8) is 0 Å². The maximum absolute atomic E-state index is 5.78. The number of nitrogens with one attached hydrogen (secondary N) is 1. The SMILES string of the molecule is S=C1N[C@H](c2ccccn2)[C@@H](c2cccn2-c2ccncc2)N1c1ccccc1. The normalized spacial score (nSPS) is 18.6. The van der Waals surface area contributed by atoms with Crippen LogP contribution in [0.2, 0.25) is 0 Å². The Morgan fingerprint density at radius 3 is 2.34 bits per heavy atom. The summed E-state index contributed by atoms with van der Waals surface area (Å²) in [6.07, 6.45) is 7.51. The van der Waals surface area contributed by atoms with Gasteiger partial charge >= 0.3 is 0 Å². The van der Waals surface area contributed by atoms with Crippen LogP contribution in [-0.2, 0) is 0 Å². The molecule has 6 heteroatoms. The molecule has 5 rings (SSSR count). The summed E-state index contributed by atoms with van der Waals surface area (Å²) in [6.45, 7) is 0. The van der Waals surface area contributed by atoms with Gasteiger partial charge in [0.25, 0.3) is 0 Å². The van der Waals surface area contributed by atoms with Crippen molar-refractivity contribution in [2.75, 3.05) is 4.90 Å². The fraction of sp³-hybridized carbons (Fsp3) is 0.0870. The van der Waals surface area contributed by atoms with Gasteiger partial charge < -0.3 is 14.8 Å². The van der Waals surface area contributed by atoms with Gasteiger partial charge in [-0.05, 0) is 60.7 Å². The number of para-hydroxylation sites is 1. The first-order chi connectivity index (χ1) is 14.3. The van der Waals surface area contributed by atoms with E-state index >= 15 is 0 Å². The standard InChI is InChI=1S/C23H19N5S/c29-23-26-21(19-9-4-5-13-25-19)22(28(23)18-7-2-1-3-8-18)20-10-6-16-27(20)17-11-14-24-15-12-17/h1-16,21-22H,(H,26,29)/t21-,22-/m1/s1. The van der Waals surface area contributed by atoms with Crippen molar-refractivity contribution in [1.82, 2.24) is 19.9 Å². The Labute approximate surface area is 174 Å². The molecule has 1 N–H and O–H groups in total. The van der Waals surface area contributed by atoms with E-state index in [0.29, 0.717) is 5.11 Å². The number of aromatic nitrogens is 3. The Balaban J connectivity index is 1.67. The molecule has 0 bridgehead atoms. The third-order valence-electron chi connectivity index (χ3n) is 5.16. The van der Waals surface area contributed by atoms with E-state index in [1.54, 1.807) is 0 Å². The smallest absolute Gasteiger partial charge is 0.174 e. The number of thiocarbonyl (C=S) groups is 1. The fourth-order valence-electron chi connectivity index (χ4n) is 3.90. The van der Waals surface area contributed by atoms with Crippen LogP contribution in [0.15, 0.2) is 97.6 Å². The molecule has 1 aliphatic heterocycles. The average molecular weight is 398 g/mol. The van der Waals surface area contributed by atoms with Gasteiger partial charge in [-0.3, -0.25) is 9.97 Å². The molecule has 4 aromatic rings. The van der Waals surface area contributed by atoms with Gasteiger partial charge in [0, 0.05) is 41.9 Å². The second-order valence-corrected chi connectivity index (χ2v) is 7.23. The number of benzene rings is 1. The minimum atomic E-state index is -0.0700. The molecule has 1 saturated heterocycles. The molecule has 4 heterocycles. The van der Waals surface area contributed by atoms with Crippen molar-refractivity contribution in [2.45, 2.75) is 12.1 Å². The molecule has 29 heavy (non-hydrogen) atoms. The third kappa shape index (κ3) is 3.17. The molecule has 0 unspecified atom stereocenters. The third-order valence-corrected chi connectivity index (χ3v) is 5.47. The van der Waals surface area contributed by atoms with Crippen LogP contribution in [0.25, 0.3) is 5.69 Å². The van der Waals surface area contributed by atoms with Crippen molar-refractivity contribution in [1.29, 1.82) is 0 Å². The van der Waals surface area contributed by atoms with Crippen LogP contribution < -0.4 is 10.2 Å². The van der Waals surface area contributed by atoms with Crippen LogP contribution in [0.1, 0.15) is 23.5 Å². The zero-order valence-corrected chi connectivity index (χ0v) is 16.4. The van der Waals surface area contributed by atoms with Crippen molar-refractivity contribution >= 4 is 23.0 Å². The first kappa shape index (κ1) is 17.6. The number of rotatable bonds is 4. The summed E-state index contributed by atoms with van der Waals surface area (Å²) in [7, 11) is 0. The average Bonchev–Trinajstić information content (AvgIpc) is 3.40. The molecule has 0 spiro atoms. The van der Waals surface area contributed by atoms with E-state index in [9.17, 15) is 0 Å². The quantitative estimate of drug-likeness (QED) is 0.516. The van der Waals surface area contributed by atoms with E-state index in [2.05, 4.69) is 55.2 Å². The first-order valence-electron chi connectivity index (χ1n) is 9.46. The molecule has 3 aromatic heterocycles. The first-order valence-corrected chi connectivity index (χ1v) is 9.87. The highest BCUT2D eigenvalue weighted by Crippen LogP contribution is 2.42. The molecular formula is C23H19N5S. The van der Waals surface area contributed by atoms with Crippen LogP contribution in [0.3, 0.4) is 0 Å². The zero-order chi connectivity index (χ0) is 19.6. The lowest BCUT2D eigenvalue weighted by Gasteiger charge is -2.29. The van der Waals surface area contributed by atoms with Gasteiger partial charge in [0.2, 0.25) is 0 Å².